The molecule has 0 fully saturated rings. The van der Waals surface area contributed by atoms with Crippen LogP contribution in [0.4, 0.5) is 0 Å². The molecule has 72 valence electrons. The molecule has 4 heteroatoms. The summed E-state index contributed by atoms with van der Waals surface area (Å²) in [5.74, 6) is 0. The Kier molecular flexibility index (Phi) is 6.59. The molecule has 13 heavy (non-hydrogen) atoms. The molecule has 1 N–H and O–H groups in total. The standard InChI is InChI=1S/C7H4Cl2O.C2H6O/c8-6-2-1-3-7(9)5(6)4-10;1-2-3/h1-4H;3H,2H2,1H3. The highest BCUT2D eigenvalue weighted by atomic mass is 35.5. The zero-order chi connectivity index (χ0) is 10.3. The third-order valence-electron chi connectivity index (χ3n) is 1.12. The molecule has 0 aliphatic rings. The molecule has 0 heterocycles. The number of carbonyl (C=O) groups excluding carboxylic acids is 1. The van der Waals surface area contributed by atoms with E-state index in [0.29, 0.717) is 21.9 Å². The summed E-state index contributed by atoms with van der Waals surface area (Å²) >= 11 is 11.2. The highest BCUT2D eigenvalue weighted by molar-refractivity contribution is 6.38. The summed E-state index contributed by atoms with van der Waals surface area (Å²) in [6.45, 7) is 1.93. The van der Waals surface area contributed by atoms with E-state index in [9.17, 15) is 4.79 Å². The number of rotatable bonds is 1. The molecular formula is C9H10Cl2O2. The molecule has 0 aliphatic heterocycles. The molecule has 1 rings (SSSR count). The molecule has 1 aromatic rings. The van der Waals surface area contributed by atoms with Gasteiger partial charge in [0.1, 0.15) is 0 Å². The van der Waals surface area contributed by atoms with Gasteiger partial charge < -0.3 is 5.11 Å². The van der Waals surface area contributed by atoms with E-state index in [1.54, 1.807) is 25.1 Å². The number of carbonyl (C=O) groups is 1. The molecule has 0 aromatic heterocycles. The number of halogens is 2. The zero-order valence-corrected chi connectivity index (χ0v) is 8.64. The molecule has 1 aromatic carbocycles. The Morgan fingerprint density at radius 3 is 2.00 bits per heavy atom. The molecule has 0 amide bonds. The van der Waals surface area contributed by atoms with Crippen LogP contribution in [0.3, 0.4) is 0 Å². The molecule has 0 bridgehead atoms. The van der Waals surface area contributed by atoms with E-state index in [1.807, 2.05) is 0 Å². The first kappa shape index (κ1) is 12.4. The SMILES string of the molecule is CCO.O=Cc1c(Cl)cccc1Cl. The highest BCUT2D eigenvalue weighted by Gasteiger charge is 2.01. The normalized spacial score (nSPS) is 8.62. The number of aldehydes is 1. The second kappa shape index (κ2) is 6.89. The minimum absolute atomic E-state index is 0.250. The fourth-order valence-corrected chi connectivity index (χ4v) is 1.11. The van der Waals surface area contributed by atoms with Crippen molar-refractivity contribution in [3.63, 3.8) is 0 Å². The van der Waals surface area contributed by atoms with Crippen molar-refractivity contribution in [2.45, 2.75) is 6.92 Å². The zero-order valence-electron chi connectivity index (χ0n) is 7.13. The Bertz CT molecular complexity index is 254. The number of aliphatic hydroxyl groups excluding tert-OH is 1. The van der Waals surface area contributed by atoms with Gasteiger partial charge in [-0.1, -0.05) is 29.3 Å². The molecule has 0 saturated carbocycles. The minimum Gasteiger partial charge on any atom is -0.397 e. The van der Waals surface area contributed by atoms with Crippen LogP contribution in [0.25, 0.3) is 0 Å². The van der Waals surface area contributed by atoms with Crippen LogP contribution in [0, 0.1) is 0 Å². The van der Waals surface area contributed by atoms with E-state index in [-0.39, 0.29) is 6.61 Å². The molecule has 0 radical (unpaired) electrons. The first-order valence-corrected chi connectivity index (χ1v) is 4.43. The smallest absolute Gasteiger partial charge is 0.153 e. The van der Waals surface area contributed by atoms with Crippen molar-refractivity contribution in [1.82, 2.24) is 0 Å². The molecular weight excluding hydrogens is 211 g/mol. The van der Waals surface area contributed by atoms with Crippen LogP contribution in [0.2, 0.25) is 10.0 Å². The Morgan fingerprint density at radius 2 is 1.77 bits per heavy atom. The summed E-state index contributed by atoms with van der Waals surface area (Å²) in [4.78, 5) is 10.3. The lowest BCUT2D eigenvalue weighted by atomic mass is 10.2. The second-order valence-corrected chi connectivity index (χ2v) is 2.88. The monoisotopic (exact) mass is 220 g/mol. The first-order chi connectivity index (χ1) is 6.17. The van der Waals surface area contributed by atoms with Crippen LogP contribution in [0.1, 0.15) is 17.3 Å². The molecule has 2 nitrogen and oxygen atoms in total. The van der Waals surface area contributed by atoms with Gasteiger partial charge in [-0.2, -0.15) is 0 Å². The predicted octanol–water partition coefficient (Wildman–Crippen LogP) is 2.80. The second-order valence-electron chi connectivity index (χ2n) is 2.07. The maximum absolute atomic E-state index is 10.3. The van der Waals surface area contributed by atoms with Crippen molar-refractivity contribution in [1.29, 1.82) is 0 Å². The fourth-order valence-electron chi connectivity index (χ4n) is 0.623. The number of aliphatic hydroxyl groups is 1. The van der Waals surface area contributed by atoms with E-state index in [4.69, 9.17) is 28.3 Å². The third-order valence-corrected chi connectivity index (χ3v) is 1.78. The van der Waals surface area contributed by atoms with Crippen molar-refractivity contribution in [3.8, 4) is 0 Å². The molecule has 0 atom stereocenters. The van der Waals surface area contributed by atoms with Gasteiger partial charge in [0, 0.05) is 6.61 Å². The average molecular weight is 221 g/mol. The van der Waals surface area contributed by atoms with E-state index < -0.39 is 0 Å². The van der Waals surface area contributed by atoms with Crippen LogP contribution >= 0.6 is 23.2 Å². The summed E-state index contributed by atoms with van der Waals surface area (Å²) < 4.78 is 0. The van der Waals surface area contributed by atoms with Gasteiger partial charge in [0.2, 0.25) is 0 Å². The lowest BCUT2D eigenvalue weighted by Gasteiger charge is -1.95. The summed E-state index contributed by atoms with van der Waals surface area (Å²) in [7, 11) is 0. The summed E-state index contributed by atoms with van der Waals surface area (Å²) in [6.07, 6.45) is 0.644. The number of hydrogen-bond donors (Lipinski definition) is 1. The molecule has 0 unspecified atom stereocenters. The largest absolute Gasteiger partial charge is 0.397 e. The maximum atomic E-state index is 10.3. The fraction of sp³-hybridized carbons (Fsp3) is 0.222. The minimum atomic E-state index is 0.250. The van der Waals surface area contributed by atoms with E-state index in [2.05, 4.69) is 0 Å². The van der Waals surface area contributed by atoms with Crippen molar-refractivity contribution >= 4 is 29.5 Å². The predicted molar refractivity (Wildman–Crippen MR) is 54.6 cm³/mol. The first-order valence-electron chi connectivity index (χ1n) is 3.67. The maximum Gasteiger partial charge on any atom is 0.153 e. The van der Waals surface area contributed by atoms with Crippen LogP contribution in [-0.4, -0.2) is 18.0 Å². The van der Waals surface area contributed by atoms with Gasteiger partial charge in [-0.15, -0.1) is 0 Å². The Morgan fingerprint density at radius 1 is 1.38 bits per heavy atom. The van der Waals surface area contributed by atoms with E-state index in [0.717, 1.165) is 0 Å². The molecule has 0 saturated heterocycles. The van der Waals surface area contributed by atoms with Crippen LogP contribution in [0.15, 0.2) is 18.2 Å². The number of hydrogen-bond acceptors (Lipinski definition) is 2. The van der Waals surface area contributed by atoms with Crippen molar-refractivity contribution in [2.75, 3.05) is 6.61 Å². The lowest BCUT2D eigenvalue weighted by molar-refractivity contribution is 0.112. The topological polar surface area (TPSA) is 37.3 Å². The number of benzene rings is 1. The molecule has 0 spiro atoms. The van der Waals surface area contributed by atoms with Crippen LogP contribution in [-0.2, 0) is 0 Å². The lowest BCUT2D eigenvalue weighted by Crippen LogP contribution is -1.81. The van der Waals surface area contributed by atoms with E-state index >= 15 is 0 Å². The van der Waals surface area contributed by atoms with Gasteiger partial charge in [-0.25, -0.2) is 0 Å². The van der Waals surface area contributed by atoms with Crippen LogP contribution < -0.4 is 0 Å². The van der Waals surface area contributed by atoms with Gasteiger partial charge >= 0.3 is 0 Å². The quantitative estimate of drug-likeness (QED) is 0.740. The van der Waals surface area contributed by atoms with Crippen molar-refractivity contribution < 1.29 is 9.90 Å². The van der Waals surface area contributed by atoms with E-state index in [1.165, 1.54) is 0 Å². The van der Waals surface area contributed by atoms with Gasteiger partial charge in [0.25, 0.3) is 0 Å². The van der Waals surface area contributed by atoms with Gasteiger partial charge in [0.05, 0.1) is 15.6 Å². The Balaban J connectivity index is 0.000000424. The third kappa shape index (κ3) is 4.27. The van der Waals surface area contributed by atoms with Crippen molar-refractivity contribution in [2.24, 2.45) is 0 Å². The van der Waals surface area contributed by atoms with Crippen molar-refractivity contribution in [3.05, 3.63) is 33.8 Å². The highest BCUT2D eigenvalue weighted by Crippen LogP contribution is 2.21. The Hall–Kier alpha value is -0.570. The summed E-state index contributed by atoms with van der Waals surface area (Å²) in [6, 6.07) is 4.94. The average Bonchev–Trinajstić information content (AvgIpc) is 2.06. The Labute approximate surface area is 87.1 Å². The summed E-state index contributed by atoms with van der Waals surface area (Å²) in [5, 5.41) is 8.35. The van der Waals surface area contributed by atoms with Gasteiger partial charge in [0.15, 0.2) is 6.29 Å². The van der Waals surface area contributed by atoms with Gasteiger partial charge in [-0.3, -0.25) is 4.79 Å². The molecule has 0 aliphatic carbocycles. The van der Waals surface area contributed by atoms with Crippen LogP contribution in [0.5, 0.6) is 0 Å². The summed E-state index contributed by atoms with van der Waals surface area (Å²) in [5.41, 5.74) is 0.353. The van der Waals surface area contributed by atoms with Gasteiger partial charge in [-0.05, 0) is 19.1 Å².